The largest absolute Gasteiger partial charge is 0.449 e. The Morgan fingerprint density at radius 3 is 3.06 bits per heavy atom. The van der Waals surface area contributed by atoms with E-state index in [0.717, 1.165) is 5.56 Å². The Labute approximate surface area is 98.7 Å². The van der Waals surface area contributed by atoms with E-state index in [1.807, 2.05) is 6.07 Å². The SMILES string of the molecule is CC(=O)Oc1cccc([C@H]2CCOC(=O)N2)c1. The molecule has 5 nitrogen and oxygen atoms in total. The highest BCUT2D eigenvalue weighted by molar-refractivity contribution is 5.70. The van der Waals surface area contributed by atoms with Crippen LogP contribution < -0.4 is 10.1 Å². The van der Waals surface area contributed by atoms with Crippen LogP contribution in [-0.2, 0) is 9.53 Å². The molecule has 0 unspecified atom stereocenters. The Kier molecular flexibility index (Phi) is 3.27. The molecule has 5 heteroatoms. The minimum atomic E-state index is -0.417. The molecule has 0 spiro atoms. The maximum Gasteiger partial charge on any atom is 0.407 e. The average Bonchev–Trinajstić information content (AvgIpc) is 2.28. The van der Waals surface area contributed by atoms with E-state index >= 15 is 0 Å². The van der Waals surface area contributed by atoms with Crippen LogP contribution in [0, 0.1) is 0 Å². The molecule has 0 aliphatic carbocycles. The fourth-order valence-electron chi connectivity index (χ4n) is 1.74. The Morgan fingerprint density at radius 2 is 2.35 bits per heavy atom. The maximum absolute atomic E-state index is 11.1. The molecule has 90 valence electrons. The molecule has 2 rings (SSSR count). The highest BCUT2D eigenvalue weighted by Crippen LogP contribution is 2.23. The van der Waals surface area contributed by atoms with Crippen LogP contribution in [0.1, 0.15) is 24.9 Å². The van der Waals surface area contributed by atoms with Gasteiger partial charge >= 0.3 is 12.1 Å². The zero-order valence-electron chi connectivity index (χ0n) is 9.43. The van der Waals surface area contributed by atoms with Crippen molar-refractivity contribution in [3.8, 4) is 5.75 Å². The summed E-state index contributed by atoms with van der Waals surface area (Å²) in [5.74, 6) is 0.119. The number of cyclic esters (lactones) is 1. The van der Waals surface area contributed by atoms with Crippen molar-refractivity contribution in [1.82, 2.24) is 5.32 Å². The van der Waals surface area contributed by atoms with Gasteiger partial charge in [0.2, 0.25) is 0 Å². The Morgan fingerprint density at radius 1 is 1.53 bits per heavy atom. The van der Waals surface area contributed by atoms with Crippen LogP contribution in [0.5, 0.6) is 5.75 Å². The Bertz CT molecular complexity index is 444. The minimum Gasteiger partial charge on any atom is -0.449 e. The van der Waals surface area contributed by atoms with Crippen LogP contribution in [0.3, 0.4) is 0 Å². The number of alkyl carbamates (subject to hydrolysis) is 1. The first-order valence-corrected chi connectivity index (χ1v) is 5.37. The summed E-state index contributed by atoms with van der Waals surface area (Å²) in [5, 5.41) is 2.71. The minimum absolute atomic E-state index is 0.0910. The van der Waals surface area contributed by atoms with Gasteiger partial charge in [0.05, 0.1) is 12.6 Å². The number of rotatable bonds is 2. The summed E-state index contributed by atoms with van der Waals surface area (Å²) >= 11 is 0. The first-order chi connectivity index (χ1) is 8.15. The fraction of sp³-hybridized carbons (Fsp3) is 0.333. The van der Waals surface area contributed by atoms with Crippen molar-refractivity contribution in [1.29, 1.82) is 0 Å². The Hall–Kier alpha value is -2.04. The number of ether oxygens (including phenoxy) is 2. The molecule has 0 aromatic heterocycles. The highest BCUT2D eigenvalue weighted by Gasteiger charge is 2.20. The van der Waals surface area contributed by atoms with Crippen molar-refractivity contribution in [2.24, 2.45) is 0 Å². The van der Waals surface area contributed by atoms with Crippen molar-refractivity contribution >= 4 is 12.1 Å². The van der Waals surface area contributed by atoms with Crippen molar-refractivity contribution in [2.75, 3.05) is 6.61 Å². The molecule has 1 aromatic carbocycles. The lowest BCUT2D eigenvalue weighted by Gasteiger charge is -2.23. The molecule has 0 radical (unpaired) electrons. The summed E-state index contributed by atoms with van der Waals surface area (Å²) in [4.78, 5) is 21.9. The number of hydrogen-bond acceptors (Lipinski definition) is 4. The molecule has 1 N–H and O–H groups in total. The molecule has 1 aliphatic rings. The summed E-state index contributed by atoms with van der Waals surface area (Å²) in [5.41, 5.74) is 0.903. The van der Waals surface area contributed by atoms with Gasteiger partial charge in [0.25, 0.3) is 0 Å². The van der Waals surface area contributed by atoms with Crippen LogP contribution in [0.15, 0.2) is 24.3 Å². The molecule has 1 saturated heterocycles. The molecule has 1 amide bonds. The van der Waals surface area contributed by atoms with Gasteiger partial charge < -0.3 is 14.8 Å². The molecule has 0 bridgehead atoms. The van der Waals surface area contributed by atoms with E-state index in [2.05, 4.69) is 5.32 Å². The van der Waals surface area contributed by atoms with Crippen LogP contribution >= 0.6 is 0 Å². The molecule has 1 fully saturated rings. The molecule has 1 heterocycles. The third-order valence-electron chi connectivity index (χ3n) is 2.45. The van der Waals surface area contributed by atoms with E-state index in [-0.39, 0.29) is 12.0 Å². The lowest BCUT2D eigenvalue weighted by molar-refractivity contribution is -0.131. The van der Waals surface area contributed by atoms with Crippen LogP contribution in [0.2, 0.25) is 0 Å². The molecule has 1 aromatic rings. The molecule has 0 saturated carbocycles. The standard InChI is InChI=1S/C12H13NO4/c1-8(14)17-10-4-2-3-9(7-10)11-5-6-16-12(15)13-11/h2-4,7,11H,5-6H2,1H3,(H,13,15)/t11-/m1/s1. The molecule has 1 atom stereocenters. The second kappa shape index (κ2) is 4.86. The lowest BCUT2D eigenvalue weighted by atomic mass is 10.0. The van der Waals surface area contributed by atoms with E-state index in [1.54, 1.807) is 18.2 Å². The summed E-state index contributed by atoms with van der Waals surface area (Å²) < 4.78 is 9.78. The topological polar surface area (TPSA) is 64.6 Å². The van der Waals surface area contributed by atoms with Gasteiger partial charge in [0.15, 0.2) is 0 Å². The highest BCUT2D eigenvalue weighted by atomic mass is 16.6. The molecular formula is C12H13NO4. The van der Waals surface area contributed by atoms with Crippen molar-refractivity contribution in [3.05, 3.63) is 29.8 Å². The van der Waals surface area contributed by atoms with Gasteiger partial charge in [-0.15, -0.1) is 0 Å². The predicted molar refractivity (Wildman–Crippen MR) is 59.6 cm³/mol. The van der Waals surface area contributed by atoms with Gasteiger partial charge in [0.1, 0.15) is 5.75 Å². The van der Waals surface area contributed by atoms with Gasteiger partial charge in [-0.2, -0.15) is 0 Å². The third-order valence-corrected chi connectivity index (χ3v) is 2.45. The van der Waals surface area contributed by atoms with Crippen molar-refractivity contribution in [2.45, 2.75) is 19.4 Å². The maximum atomic E-state index is 11.1. The number of benzene rings is 1. The van der Waals surface area contributed by atoms with E-state index in [4.69, 9.17) is 9.47 Å². The fourth-order valence-corrected chi connectivity index (χ4v) is 1.74. The number of esters is 1. The Balaban J connectivity index is 2.14. The van der Waals surface area contributed by atoms with E-state index in [1.165, 1.54) is 6.92 Å². The van der Waals surface area contributed by atoms with Gasteiger partial charge in [0, 0.05) is 13.3 Å². The molecular weight excluding hydrogens is 222 g/mol. The second-order valence-corrected chi connectivity index (χ2v) is 3.79. The first-order valence-electron chi connectivity index (χ1n) is 5.37. The van der Waals surface area contributed by atoms with E-state index < -0.39 is 6.09 Å². The number of amides is 1. The number of carbonyl (C=O) groups excluding carboxylic acids is 2. The van der Waals surface area contributed by atoms with Crippen molar-refractivity contribution in [3.63, 3.8) is 0 Å². The first kappa shape index (κ1) is 11.4. The van der Waals surface area contributed by atoms with E-state index in [0.29, 0.717) is 18.8 Å². The summed E-state index contributed by atoms with van der Waals surface area (Å²) in [6.45, 7) is 1.75. The number of nitrogens with one attached hydrogen (secondary N) is 1. The zero-order chi connectivity index (χ0) is 12.3. The monoisotopic (exact) mass is 235 g/mol. The van der Waals surface area contributed by atoms with E-state index in [9.17, 15) is 9.59 Å². The van der Waals surface area contributed by atoms with Gasteiger partial charge in [-0.3, -0.25) is 4.79 Å². The smallest absolute Gasteiger partial charge is 0.407 e. The normalized spacial score (nSPS) is 19.1. The van der Waals surface area contributed by atoms with Crippen LogP contribution in [0.4, 0.5) is 4.79 Å². The zero-order valence-corrected chi connectivity index (χ0v) is 9.43. The van der Waals surface area contributed by atoms with Gasteiger partial charge in [-0.1, -0.05) is 12.1 Å². The van der Waals surface area contributed by atoms with Crippen molar-refractivity contribution < 1.29 is 19.1 Å². The predicted octanol–water partition coefficient (Wildman–Crippen LogP) is 1.78. The summed E-state index contributed by atoms with van der Waals surface area (Å²) in [7, 11) is 0. The number of carbonyl (C=O) groups is 2. The van der Waals surface area contributed by atoms with Gasteiger partial charge in [-0.05, 0) is 17.7 Å². The summed E-state index contributed by atoms with van der Waals surface area (Å²) in [6, 6.07) is 7.02. The van der Waals surface area contributed by atoms with Crippen LogP contribution in [0.25, 0.3) is 0 Å². The molecule has 1 aliphatic heterocycles. The third kappa shape index (κ3) is 2.96. The average molecular weight is 235 g/mol. The quantitative estimate of drug-likeness (QED) is 0.627. The lowest BCUT2D eigenvalue weighted by Crippen LogP contribution is -2.35. The van der Waals surface area contributed by atoms with Crippen LogP contribution in [-0.4, -0.2) is 18.7 Å². The second-order valence-electron chi connectivity index (χ2n) is 3.79. The number of hydrogen-bond donors (Lipinski definition) is 1. The van der Waals surface area contributed by atoms with Gasteiger partial charge in [-0.25, -0.2) is 4.79 Å². The summed E-state index contributed by atoms with van der Waals surface area (Å²) in [6.07, 6.45) is 0.286. The molecule has 17 heavy (non-hydrogen) atoms.